The SMILES string of the molecule is CCCCOC(=O)c1cccc(C(=O)OCCCC)c1. The van der Waals surface area contributed by atoms with Gasteiger partial charge in [-0.15, -0.1) is 0 Å². The van der Waals surface area contributed by atoms with Crippen molar-refractivity contribution in [2.45, 2.75) is 39.5 Å². The maximum atomic E-state index is 11.8. The summed E-state index contributed by atoms with van der Waals surface area (Å²) in [5, 5.41) is 0. The van der Waals surface area contributed by atoms with Crippen LogP contribution in [0, 0.1) is 0 Å². The molecule has 0 radical (unpaired) electrons. The summed E-state index contributed by atoms with van der Waals surface area (Å²) in [5.41, 5.74) is 0.761. The Labute approximate surface area is 120 Å². The molecule has 0 aliphatic rings. The molecule has 110 valence electrons. The number of benzene rings is 1. The molecule has 4 heteroatoms. The molecule has 0 spiro atoms. The van der Waals surface area contributed by atoms with Crippen LogP contribution < -0.4 is 0 Å². The lowest BCUT2D eigenvalue weighted by Gasteiger charge is -2.06. The van der Waals surface area contributed by atoms with Gasteiger partial charge in [-0.25, -0.2) is 9.59 Å². The quantitative estimate of drug-likeness (QED) is 0.538. The third kappa shape index (κ3) is 5.43. The van der Waals surface area contributed by atoms with Crippen molar-refractivity contribution in [3.05, 3.63) is 35.4 Å². The molecule has 4 nitrogen and oxygen atoms in total. The number of carbonyl (C=O) groups excluding carboxylic acids is 2. The standard InChI is InChI=1S/C16H22O4/c1-3-5-10-19-15(17)13-8-7-9-14(12-13)16(18)20-11-6-4-2/h7-9,12H,3-6,10-11H2,1-2H3. The molecule has 0 fully saturated rings. The van der Waals surface area contributed by atoms with Gasteiger partial charge in [0.05, 0.1) is 24.3 Å². The number of hydrogen-bond donors (Lipinski definition) is 0. The molecule has 1 aromatic carbocycles. The second kappa shape index (κ2) is 9.13. The van der Waals surface area contributed by atoms with Gasteiger partial charge in [0.1, 0.15) is 0 Å². The van der Waals surface area contributed by atoms with Gasteiger partial charge in [-0.1, -0.05) is 32.8 Å². The van der Waals surface area contributed by atoms with Crippen molar-refractivity contribution in [2.24, 2.45) is 0 Å². The van der Waals surface area contributed by atoms with Crippen molar-refractivity contribution in [3.8, 4) is 0 Å². The van der Waals surface area contributed by atoms with E-state index in [1.807, 2.05) is 13.8 Å². The maximum Gasteiger partial charge on any atom is 0.338 e. The first-order chi connectivity index (χ1) is 9.69. The van der Waals surface area contributed by atoms with E-state index in [0.29, 0.717) is 24.3 Å². The zero-order valence-electron chi connectivity index (χ0n) is 12.2. The largest absolute Gasteiger partial charge is 0.462 e. The van der Waals surface area contributed by atoms with Crippen LogP contribution in [0.25, 0.3) is 0 Å². The van der Waals surface area contributed by atoms with E-state index in [1.165, 1.54) is 6.07 Å². The molecule has 0 heterocycles. The minimum Gasteiger partial charge on any atom is -0.462 e. The summed E-state index contributed by atoms with van der Waals surface area (Å²) in [5.74, 6) is -0.802. The van der Waals surface area contributed by atoms with Crippen molar-refractivity contribution in [2.75, 3.05) is 13.2 Å². The number of hydrogen-bond acceptors (Lipinski definition) is 4. The van der Waals surface area contributed by atoms with Gasteiger partial charge in [0.2, 0.25) is 0 Å². The Kier molecular flexibility index (Phi) is 7.40. The smallest absolute Gasteiger partial charge is 0.338 e. The van der Waals surface area contributed by atoms with Crippen LogP contribution in [0.15, 0.2) is 24.3 Å². The predicted octanol–water partition coefficient (Wildman–Crippen LogP) is 3.60. The van der Waals surface area contributed by atoms with E-state index in [4.69, 9.17) is 9.47 Å². The molecule has 0 amide bonds. The minimum atomic E-state index is -0.401. The molecule has 0 saturated heterocycles. The first-order valence-corrected chi connectivity index (χ1v) is 7.13. The lowest BCUT2D eigenvalue weighted by atomic mass is 10.1. The van der Waals surface area contributed by atoms with Crippen LogP contribution in [0.3, 0.4) is 0 Å². The van der Waals surface area contributed by atoms with Crippen LogP contribution in [0.2, 0.25) is 0 Å². The molecule has 0 aliphatic heterocycles. The summed E-state index contributed by atoms with van der Waals surface area (Å²) in [7, 11) is 0. The van der Waals surface area contributed by atoms with E-state index >= 15 is 0 Å². The predicted molar refractivity (Wildman–Crippen MR) is 76.8 cm³/mol. The fraction of sp³-hybridized carbons (Fsp3) is 0.500. The summed E-state index contributed by atoms with van der Waals surface area (Å²) in [6.07, 6.45) is 3.61. The molecule has 20 heavy (non-hydrogen) atoms. The van der Waals surface area contributed by atoms with Crippen LogP contribution in [0.4, 0.5) is 0 Å². The number of carbonyl (C=O) groups is 2. The first kappa shape index (κ1) is 16.2. The lowest BCUT2D eigenvalue weighted by molar-refractivity contribution is 0.0498. The third-order valence-electron chi connectivity index (χ3n) is 2.80. The minimum absolute atomic E-state index is 0.381. The Balaban J connectivity index is 2.60. The number of unbranched alkanes of at least 4 members (excludes halogenated alkanes) is 2. The summed E-state index contributed by atoms with van der Waals surface area (Å²) in [4.78, 5) is 23.6. The van der Waals surface area contributed by atoms with Crippen molar-refractivity contribution in [1.82, 2.24) is 0 Å². The number of ether oxygens (including phenoxy) is 2. The van der Waals surface area contributed by atoms with Crippen molar-refractivity contribution in [3.63, 3.8) is 0 Å². The van der Waals surface area contributed by atoms with Crippen LogP contribution in [-0.4, -0.2) is 25.2 Å². The molecule has 0 saturated carbocycles. The molecular formula is C16H22O4. The van der Waals surface area contributed by atoms with Gasteiger partial charge in [0.25, 0.3) is 0 Å². The van der Waals surface area contributed by atoms with Crippen molar-refractivity contribution in [1.29, 1.82) is 0 Å². The van der Waals surface area contributed by atoms with Crippen LogP contribution >= 0.6 is 0 Å². The Morgan fingerprint density at radius 3 is 1.75 bits per heavy atom. The molecule has 0 aromatic heterocycles. The van der Waals surface area contributed by atoms with Crippen LogP contribution in [-0.2, 0) is 9.47 Å². The molecular weight excluding hydrogens is 256 g/mol. The van der Waals surface area contributed by atoms with Gasteiger partial charge in [0.15, 0.2) is 0 Å². The molecule has 0 N–H and O–H groups in total. The molecule has 0 unspecified atom stereocenters. The van der Waals surface area contributed by atoms with E-state index < -0.39 is 11.9 Å². The maximum absolute atomic E-state index is 11.8. The first-order valence-electron chi connectivity index (χ1n) is 7.13. The Bertz CT molecular complexity index is 403. The van der Waals surface area contributed by atoms with Crippen molar-refractivity contribution >= 4 is 11.9 Å². The van der Waals surface area contributed by atoms with Gasteiger partial charge in [-0.05, 0) is 31.0 Å². The molecule has 1 rings (SSSR count). The second-order valence-electron chi connectivity index (χ2n) is 4.56. The highest BCUT2D eigenvalue weighted by Crippen LogP contribution is 2.09. The average molecular weight is 278 g/mol. The van der Waals surface area contributed by atoms with Gasteiger partial charge in [-0.2, -0.15) is 0 Å². The average Bonchev–Trinajstić information content (AvgIpc) is 2.47. The summed E-state index contributed by atoms with van der Waals surface area (Å²) >= 11 is 0. The normalized spacial score (nSPS) is 10.1. The van der Waals surface area contributed by atoms with Crippen LogP contribution in [0.1, 0.15) is 60.2 Å². The Morgan fingerprint density at radius 1 is 0.900 bits per heavy atom. The van der Waals surface area contributed by atoms with Gasteiger partial charge in [-0.3, -0.25) is 0 Å². The molecule has 0 aliphatic carbocycles. The summed E-state index contributed by atoms with van der Waals surface area (Å²) in [6.45, 7) is 4.86. The summed E-state index contributed by atoms with van der Waals surface area (Å²) in [6, 6.07) is 6.45. The van der Waals surface area contributed by atoms with Gasteiger partial charge < -0.3 is 9.47 Å². The van der Waals surface area contributed by atoms with Crippen LogP contribution in [0.5, 0.6) is 0 Å². The van der Waals surface area contributed by atoms with E-state index in [2.05, 4.69) is 0 Å². The Morgan fingerprint density at radius 2 is 1.35 bits per heavy atom. The molecule has 0 atom stereocenters. The highest BCUT2D eigenvalue weighted by Gasteiger charge is 2.12. The highest BCUT2D eigenvalue weighted by molar-refractivity contribution is 5.95. The zero-order valence-corrected chi connectivity index (χ0v) is 12.2. The topological polar surface area (TPSA) is 52.6 Å². The lowest BCUT2D eigenvalue weighted by Crippen LogP contribution is -2.10. The Hall–Kier alpha value is -1.84. The van der Waals surface area contributed by atoms with E-state index in [1.54, 1.807) is 18.2 Å². The zero-order chi connectivity index (χ0) is 14.8. The third-order valence-corrected chi connectivity index (χ3v) is 2.80. The number of esters is 2. The number of rotatable bonds is 8. The fourth-order valence-electron chi connectivity index (χ4n) is 1.56. The highest BCUT2D eigenvalue weighted by atomic mass is 16.5. The molecule has 1 aromatic rings. The molecule has 0 bridgehead atoms. The van der Waals surface area contributed by atoms with Gasteiger partial charge >= 0.3 is 11.9 Å². The monoisotopic (exact) mass is 278 g/mol. The second-order valence-corrected chi connectivity index (χ2v) is 4.56. The van der Waals surface area contributed by atoms with E-state index in [-0.39, 0.29) is 0 Å². The van der Waals surface area contributed by atoms with Gasteiger partial charge in [0, 0.05) is 0 Å². The van der Waals surface area contributed by atoms with E-state index in [9.17, 15) is 9.59 Å². The fourth-order valence-corrected chi connectivity index (χ4v) is 1.56. The van der Waals surface area contributed by atoms with E-state index in [0.717, 1.165) is 25.7 Å². The van der Waals surface area contributed by atoms with Crippen molar-refractivity contribution < 1.29 is 19.1 Å². The summed E-state index contributed by atoms with van der Waals surface area (Å²) < 4.78 is 10.2.